The normalized spacial score (nSPS) is 19.2. The van der Waals surface area contributed by atoms with Crippen LogP contribution in [0.2, 0.25) is 0 Å². The van der Waals surface area contributed by atoms with Crippen LogP contribution in [0.25, 0.3) is 0 Å². The third-order valence-electron chi connectivity index (χ3n) is 5.51. The van der Waals surface area contributed by atoms with Crippen LogP contribution in [0.15, 0.2) is 47.4 Å². The van der Waals surface area contributed by atoms with Crippen LogP contribution in [-0.2, 0) is 14.8 Å². The molecule has 166 valence electrons. The summed E-state index contributed by atoms with van der Waals surface area (Å²) < 4.78 is 67.6. The van der Waals surface area contributed by atoms with E-state index in [1.165, 1.54) is 24.3 Å². The van der Waals surface area contributed by atoms with Gasteiger partial charge in [0.15, 0.2) is 0 Å². The maximum Gasteiger partial charge on any atom is 0.246 e. The topological polar surface area (TPSA) is 69.7 Å². The molecule has 1 aliphatic heterocycles. The summed E-state index contributed by atoms with van der Waals surface area (Å²) in [5, 5.41) is 2.95. The summed E-state index contributed by atoms with van der Waals surface area (Å²) in [6.45, 7) is 0.423. The number of benzene rings is 2. The van der Waals surface area contributed by atoms with E-state index in [1.54, 1.807) is 0 Å². The zero-order valence-corrected chi connectivity index (χ0v) is 17.4. The molecule has 1 amide bonds. The summed E-state index contributed by atoms with van der Waals surface area (Å²) in [5.41, 5.74) is 0.604. The van der Waals surface area contributed by atoms with Crippen LogP contribution in [-0.4, -0.2) is 55.8 Å². The number of sulfonamides is 1. The number of hydrogen-bond acceptors (Lipinski definition) is 4. The second kappa shape index (κ2) is 8.60. The summed E-state index contributed by atoms with van der Waals surface area (Å²) in [5.74, 6) is -2.50. The van der Waals surface area contributed by atoms with Crippen LogP contribution in [0.5, 0.6) is 0 Å². The first-order valence-corrected chi connectivity index (χ1v) is 11.4. The van der Waals surface area contributed by atoms with Gasteiger partial charge in [-0.3, -0.25) is 9.69 Å². The zero-order chi connectivity index (χ0) is 22.2. The lowest BCUT2D eigenvalue weighted by atomic mass is 10.0. The van der Waals surface area contributed by atoms with Crippen molar-refractivity contribution in [2.24, 2.45) is 0 Å². The minimum Gasteiger partial charge on any atom is -0.352 e. The van der Waals surface area contributed by atoms with Crippen LogP contribution >= 0.6 is 0 Å². The fraction of sp³-hybridized carbons (Fsp3) is 0.381. The highest BCUT2D eigenvalue weighted by Crippen LogP contribution is 2.28. The number of nitrogens with zero attached hydrogens (tertiary/aromatic N) is 2. The van der Waals surface area contributed by atoms with Crippen molar-refractivity contribution in [2.75, 3.05) is 26.2 Å². The quantitative estimate of drug-likeness (QED) is 0.730. The fourth-order valence-electron chi connectivity index (χ4n) is 3.70. The molecule has 1 saturated heterocycles. The molecule has 1 saturated carbocycles. The molecule has 4 rings (SSSR count). The van der Waals surface area contributed by atoms with E-state index in [1.807, 2.05) is 4.90 Å². The number of amides is 1. The minimum absolute atomic E-state index is 0.00664. The van der Waals surface area contributed by atoms with E-state index in [9.17, 15) is 26.4 Å². The highest BCUT2D eigenvalue weighted by atomic mass is 32.2. The molecule has 31 heavy (non-hydrogen) atoms. The molecule has 1 aliphatic carbocycles. The maximum atomic E-state index is 14.0. The lowest BCUT2D eigenvalue weighted by molar-refractivity contribution is -0.127. The van der Waals surface area contributed by atoms with Gasteiger partial charge < -0.3 is 5.32 Å². The van der Waals surface area contributed by atoms with Crippen molar-refractivity contribution >= 4 is 15.9 Å². The Labute approximate surface area is 178 Å². The average Bonchev–Trinajstić information content (AvgIpc) is 3.56. The zero-order valence-electron chi connectivity index (χ0n) is 16.6. The third kappa shape index (κ3) is 4.76. The average molecular weight is 453 g/mol. The summed E-state index contributed by atoms with van der Waals surface area (Å²) >= 11 is 0. The SMILES string of the molecule is O=C(NC1CC1)[C@@H](c1ccc(F)cc1)N1CCN(S(=O)(=O)c2cc(F)ccc2F)CC1. The van der Waals surface area contributed by atoms with Crippen molar-refractivity contribution < 1.29 is 26.4 Å². The van der Waals surface area contributed by atoms with Crippen molar-refractivity contribution in [3.05, 3.63) is 65.5 Å². The molecule has 10 heteroatoms. The van der Waals surface area contributed by atoms with Gasteiger partial charge in [-0.05, 0) is 48.7 Å². The third-order valence-corrected chi connectivity index (χ3v) is 7.42. The summed E-state index contributed by atoms with van der Waals surface area (Å²) in [6.07, 6.45) is 1.82. The standard InChI is InChI=1S/C21H22F3N3O3S/c22-15-3-1-14(2-4-15)20(21(28)25-17-6-7-17)26-9-11-27(12-10-26)31(29,30)19-13-16(23)5-8-18(19)24/h1-5,8,13,17,20H,6-7,9-12H2,(H,25,28)/t20-/m1/s1. The van der Waals surface area contributed by atoms with E-state index in [-0.39, 0.29) is 38.1 Å². The van der Waals surface area contributed by atoms with Crippen LogP contribution < -0.4 is 5.32 Å². The Morgan fingerprint density at radius 1 is 0.935 bits per heavy atom. The number of halogens is 3. The second-order valence-corrected chi connectivity index (χ2v) is 9.66. The van der Waals surface area contributed by atoms with E-state index in [4.69, 9.17) is 0 Å². The molecular formula is C21H22F3N3O3S. The summed E-state index contributed by atoms with van der Waals surface area (Å²) in [4.78, 5) is 14.0. The summed E-state index contributed by atoms with van der Waals surface area (Å²) in [6, 6.07) is 7.38. The number of carbonyl (C=O) groups is 1. The Morgan fingerprint density at radius 2 is 1.55 bits per heavy atom. The lowest BCUT2D eigenvalue weighted by Crippen LogP contribution is -2.52. The fourth-order valence-corrected chi connectivity index (χ4v) is 5.20. The molecule has 2 aliphatic rings. The number of carbonyl (C=O) groups excluding carboxylic acids is 1. The van der Waals surface area contributed by atoms with Gasteiger partial charge in [-0.15, -0.1) is 0 Å². The molecule has 2 fully saturated rings. The molecule has 0 aromatic heterocycles. The Balaban J connectivity index is 1.52. The van der Waals surface area contributed by atoms with E-state index < -0.39 is 38.4 Å². The Hall–Kier alpha value is -2.43. The van der Waals surface area contributed by atoms with Crippen LogP contribution in [0.4, 0.5) is 13.2 Å². The predicted molar refractivity (Wildman–Crippen MR) is 107 cm³/mol. The second-order valence-electron chi connectivity index (χ2n) is 7.75. The lowest BCUT2D eigenvalue weighted by Gasteiger charge is -2.38. The highest BCUT2D eigenvalue weighted by molar-refractivity contribution is 7.89. The molecule has 1 N–H and O–H groups in total. The number of piperazine rings is 1. The van der Waals surface area contributed by atoms with Gasteiger partial charge in [0.2, 0.25) is 15.9 Å². The number of hydrogen-bond donors (Lipinski definition) is 1. The van der Waals surface area contributed by atoms with E-state index in [2.05, 4.69) is 5.32 Å². The predicted octanol–water partition coefficient (Wildman–Crippen LogP) is 2.43. The van der Waals surface area contributed by atoms with Gasteiger partial charge in [-0.2, -0.15) is 4.31 Å². The molecule has 0 spiro atoms. The molecule has 0 radical (unpaired) electrons. The largest absolute Gasteiger partial charge is 0.352 e. The van der Waals surface area contributed by atoms with E-state index in [0.29, 0.717) is 11.6 Å². The van der Waals surface area contributed by atoms with E-state index >= 15 is 0 Å². The molecule has 2 aromatic carbocycles. The monoisotopic (exact) mass is 453 g/mol. The van der Waals surface area contributed by atoms with Gasteiger partial charge in [-0.25, -0.2) is 21.6 Å². The molecular weight excluding hydrogens is 431 g/mol. The van der Waals surface area contributed by atoms with Crippen molar-refractivity contribution in [3.8, 4) is 0 Å². The molecule has 1 heterocycles. The molecule has 1 atom stereocenters. The molecule has 0 bridgehead atoms. The Kier molecular flexibility index (Phi) is 6.05. The van der Waals surface area contributed by atoms with E-state index in [0.717, 1.165) is 29.3 Å². The first kappa shape index (κ1) is 21.8. The first-order chi connectivity index (χ1) is 14.8. The molecule has 2 aromatic rings. The maximum absolute atomic E-state index is 14.0. The molecule has 6 nitrogen and oxygen atoms in total. The van der Waals surface area contributed by atoms with Gasteiger partial charge in [0.1, 0.15) is 28.4 Å². The van der Waals surface area contributed by atoms with Gasteiger partial charge in [0, 0.05) is 32.2 Å². The van der Waals surface area contributed by atoms with Gasteiger partial charge in [0.05, 0.1) is 0 Å². The van der Waals surface area contributed by atoms with Crippen LogP contribution in [0, 0.1) is 17.5 Å². The van der Waals surface area contributed by atoms with Gasteiger partial charge >= 0.3 is 0 Å². The smallest absolute Gasteiger partial charge is 0.246 e. The van der Waals surface area contributed by atoms with Crippen molar-refractivity contribution in [3.63, 3.8) is 0 Å². The highest BCUT2D eigenvalue weighted by Gasteiger charge is 2.37. The van der Waals surface area contributed by atoms with Gasteiger partial charge in [-0.1, -0.05) is 12.1 Å². The first-order valence-electron chi connectivity index (χ1n) is 10.0. The van der Waals surface area contributed by atoms with Crippen LogP contribution in [0.1, 0.15) is 24.4 Å². The van der Waals surface area contributed by atoms with Crippen molar-refractivity contribution in [2.45, 2.75) is 29.8 Å². The van der Waals surface area contributed by atoms with Gasteiger partial charge in [0.25, 0.3) is 0 Å². The minimum atomic E-state index is -4.22. The Morgan fingerprint density at radius 3 is 2.16 bits per heavy atom. The van der Waals surface area contributed by atoms with Crippen molar-refractivity contribution in [1.29, 1.82) is 0 Å². The number of nitrogens with one attached hydrogen (secondary N) is 1. The summed E-state index contributed by atoms with van der Waals surface area (Å²) in [7, 11) is -4.22. The van der Waals surface area contributed by atoms with Crippen LogP contribution in [0.3, 0.4) is 0 Å². The Bertz CT molecular complexity index is 1070. The van der Waals surface area contributed by atoms with Crippen molar-refractivity contribution in [1.82, 2.24) is 14.5 Å². The number of rotatable bonds is 6. The molecule has 0 unspecified atom stereocenters.